The third kappa shape index (κ3) is 1.95. The summed E-state index contributed by atoms with van der Waals surface area (Å²) in [4.78, 5) is 10.7. The molecule has 0 aliphatic heterocycles. The van der Waals surface area contributed by atoms with Gasteiger partial charge < -0.3 is 5.11 Å². The molecule has 2 nitrogen and oxygen atoms in total. The summed E-state index contributed by atoms with van der Waals surface area (Å²) in [5.74, 6) is 0.110. The van der Waals surface area contributed by atoms with Crippen molar-refractivity contribution in [3.05, 3.63) is 0 Å². The molecule has 0 radical (unpaired) electrons. The third-order valence-electron chi connectivity index (χ3n) is 1.49. The Labute approximate surface area is 59.8 Å². The first-order valence-corrected chi connectivity index (χ1v) is 3.28. The minimum absolute atomic E-state index is 0.0694. The van der Waals surface area contributed by atoms with E-state index in [2.05, 4.69) is 0 Å². The molecule has 3 heteroatoms. The predicted octanol–water partition coefficient (Wildman–Crippen LogP) is 0.813. The van der Waals surface area contributed by atoms with Gasteiger partial charge in [-0.25, -0.2) is 0 Å². The molecule has 1 N–H and O–H groups in total. The number of halogens is 1. The Morgan fingerprint density at radius 3 is 2.22 bits per heavy atom. The predicted molar refractivity (Wildman–Crippen MR) is 36.6 cm³/mol. The number of aliphatic hydroxyl groups excluding tert-OH is 1. The number of carbonyl (C=O) groups is 1. The zero-order valence-corrected chi connectivity index (χ0v) is 6.40. The standard InChI is InChI=1S/C6H11ClO2/c1-5(9)6(2,3-7)4-8/h8H,3-4H2,1-2H3. The molecule has 0 heterocycles. The van der Waals surface area contributed by atoms with Gasteiger partial charge in [0.15, 0.2) is 0 Å². The van der Waals surface area contributed by atoms with Crippen molar-refractivity contribution in [2.75, 3.05) is 12.5 Å². The molecule has 1 atom stereocenters. The Balaban J connectivity index is 4.09. The molecule has 54 valence electrons. The van der Waals surface area contributed by atoms with E-state index in [1.807, 2.05) is 0 Å². The van der Waals surface area contributed by atoms with Crippen LogP contribution >= 0.6 is 11.6 Å². The highest BCUT2D eigenvalue weighted by Gasteiger charge is 2.27. The number of rotatable bonds is 3. The van der Waals surface area contributed by atoms with Gasteiger partial charge in [-0.15, -0.1) is 11.6 Å². The number of hydrogen-bond donors (Lipinski definition) is 1. The highest BCUT2D eigenvalue weighted by molar-refractivity contribution is 6.19. The topological polar surface area (TPSA) is 37.3 Å². The van der Waals surface area contributed by atoms with Crippen molar-refractivity contribution < 1.29 is 9.90 Å². The highest BCUT2D eigenvalue weighted by Crippen LogP contribution is 2.17. The summed E-state index contributed by atoms with van der Waals surface area (Å²) in [6.07, 6.45) is 0. The van der Waals surface area contributed by atoms with Crippen LogP contribution in [0.2, 0.25) is 0 Å². The SMILES string of the molecule is CC(=O)C(C)(CO)CCl. The lowest BCUT2D eigenvalue weighted by Gasteiger charge is -2.19. The van der Waals surface area contributed by atoms with Gasteiger partial charge in [-0.1, -0.05) is 0 Å². The monoisotopic (exact) mass is 150 g/mol. The van der Waals surface area contributed by atoms with Crippen molar-refractivity contribution >= 4 is 17.4 Å². The van der Waals surface area contributed by atoms with Crippen LogP contribution < -0.4 is 0 Å². The van der Waals surface area contributed by atoms with Crippen LogP contribution in [0.1, 0.15) is 13.8 Å². The Hall–Kier alpha value is -0.0800. The van der Waals surface area contributed by atoms with E-state index in [9.17, 15) is 4.79 Å². The molecule has 0 fully saturated rings. The van der Waals surface area contributed by atoms with Crippen molar-refractivity contribution in [1.82, 2.24) is 0 Å². The Morgan fingerprint density at radius 2 is 2.22 bits per heavy atom. The zero-order chi connectivity index (χ0) is 7.49. The van der Waals surface area contributed by atoms with Crippen LogP contribution in [0.3, 0.4) is 0 Å². The summed E-state index contributed by atoms with van der Waals surface area (Å²) >= 11 is 5.42. The fraction of sp³-hybridized carbons (Fsp3) is 0.833. The molecule has 0 aliphatic carbocycles. The molecule has 0 aromatic heterocycles. The maximum Gasteiger partial charge on any atom is 0.139 e. The average Bonchev–Trinajstić information content (AvgIpc) is 1.86. The zero-order valence-electron chi connectivity index (χ0n) is 5.65. The Morgan fingerprint density at radius 1 is 1.78 bits per heavy atom. The molecule has 0 saturated heterocycles. The fourth-order valence-corrected chi connectivity index (χ4v) is 0.520. The average molecular weight is 151 g/mol. The second kappa shape index (κ2) is 3.18. The first-order chi connectivity index (χ1) is 4.06. The Kier molecular flexibility index (Phi) is 3.15. The van der Waals surface area contributed by atoms with Crippen molar-refractivity contribution in [2.45, 2.75) is 13.8 Å². The maximum atomic E-state index is 10.7. The van der Waals surface area contributed by atoms with Crippen LogP contribution in [0.15, 0.2) is 0 Å². The van der Waals surface area contributed by atoms with Crippen molar-refractivity contribution in [3.63, 3.8) is 0 Å². The quantitative estimate of drug-likeness (QED) is 0.605. The molecule has 0 spiro atoms. The van der Waals surface area contributed by atoms with Crippen molar-refractivity contribution in [3.8, 4) is 0 Å². The van der Waals surface area contributed by atoms with Crippen LogP contribution in [0.25, 0.3) is 0 Å². The third-order valence-corrected chi connectivity index (χ3v) is 2.08. The van der Waals surface area contributed by atoms with Crippen LogP contribution in [-0.4, -0.2) is 23.4 Å². The van der Waals surface area contributed by atoms with E-state index >= 15 is 0 Å². The van der Waals surface area contributed by atoms with Gasteiger partial charge >= 0.3 is 0 Å². The second-order valence-corrected chi connectivity index (χ2v) is 2.68. The fourth-order valence-electron chi connectivity index (χ4n) is 0.248. The van der Waals surface area contributed by atoms with Gasteiger partial charge in [-0.3, -0.25) is 4.79 Å². The van der Waals surface area contributed by atoms with E-state index in [1.165, 1.54) is 6.92 Å². The summed E-state index contributed by atoms with van der Waals surface area (Å²) in [7, 11) is 0. The number of carbonyl (C=O) groups excluding carboxylic acids is 1. The number of alkyl halides is 1. The van der Waals surface area contributed by atoms with Gasteiger partial charge in [0.1, 0.15) is 5.78 Å². The number of ketones is 1. The van der Waals surface area contributed by atoms with E-state index < -0.39 is 5.41 Å². The number of hydrogen-bond acceptors (Lipinski definition) is 2. The van der Waals surface area contributed by atoms with Gasteiger partial charge in [0.2, 0.25) is 0 Å². The van der Waals surface area contributed by atoms with Gasteiger partial charge in [-0.05, 0) is 13.8 Å². The second-order valence-electron chi connectivity index (χ2n) is 2.41. The molecular weight excluding hydrogens is 140 g/mol. The Bertz CT molecular complexity index is 108. The first-order valence-electron chi connectivity index (χ1n) is 2.74. The lowest BCUT2D eigenvalue weighted by atomic mass is 9.90. The van der Waals surface area contributed by atoms with Crippen LogP contribution in [0.4, 0.5) is 0 Å². The summed E-state index contributed by atoms with van der Waals surface area (Å²) in [6.45, 7) is 2.90. The molecule has 1 unspecified atom stereocenters. The number of Topliss-reactive ketones (excluding diaryl/α,β-unsaturated/α-hetero) is 1. The molecule has 0 aromatic carbocycles. The lowest BCUT2D eigenvalue weighted by molar-refractivity contribution is -0.126. The highest BCUT2D eigenvalue weighted by atomic mass is 35.5. The minimum Gasteiger partial charge on any atom is -0.395 e. The van der Waals surface area contributed by atoms with E-state index in [-0.39, 0.29) is 18.3 Å². The van der Waals surface area contributed by atoms with E-state index in [0.29, 0.717) is 0 Å². The summed E-state index contributed by atoms with van der Waals surface area (Å²) in [5, 5.41) is 8.65. The van der Waals surface area contributed by atoms with E-state index in [1.54, 1.807) is 6.92 Å². The van der Waals surface area contributed by atoms with Gasteiger partial charge in [-0.2, -0.15) is 0 Å². The van der Waals surface area contributed by atoms with E-state index in [0.717, 1.165) is 0 Å². The normalized spacial score (nSPS) is 16.9. The molecule has 0 saturated carbocycles. The van der Waals surface area contributed by atoms with E-state index in [4.69, 9.17) is 16.7 Å². The van der Waals surface area contributed by atoms with Gasteiger partial charge in [0.25, 0.3) is 0 Å². The maximum absolute atomic E-state index is 10.7. The van der Waals surface area contributed by atoms with Crippen molar-refractivity contribution in [1.29, 1.82) is 0 Å². The lowest BCUT2D eigenvalue weighted by Crippen LogP contribution is -2.31. The molecule has 0 aromatic rings. The molecule has 9 heavy (non-hydrogen) atoms. The largest absolute Gasteiger partial charge is 0.395 e. The molecule has 0 bridgehead atoms. The first kappa shape index (κ1) is 8.92. The van der Waals surface area contributed by atoms with Crippen LogP contribution in [0.5, 0.6) is 0 Å². The summed E-state index contributed by atoms with van der Waals surface area (Å²) in [6, 6.07) is 0. The van der Waals surface area contributed by atoms with Crippen LogP contribution in [-0.2, 0) is 4.79 Å². The molecule has 0 aliphatic rings. The summed E-state index contributed by atoms with van der Waals surface area (Å²) in [5.41, 5.74) is -0.735. The number of aliphatic hydroxyl groups is 1. The van der Waals surface area contributed by atoms with Crippen LogP contribution in [0, 0.1) is 5.41 Å². The van der Waals surface area contributed by atoms with Gasteiger partial charge in [0.05, 0.1) is 12.0 Å². The molecular formula is C6H11ClO2. The molecule has 0 rings (SSSR count). The minimum atomic E-state index is -0.735. The van der Waals surface area contributed by atoms with Crippen molar-refractivity contribution in [2.24, 2.45) is 5.41 Å². The smallest absolute Gasteiger partial charge is 0.139 e. The summed E-state index contributed by atoms with van der Waals surface area (Å²) < 4.78 is 0. The van der Waals surface area contributed by atoms with Gasteiger partial charge in [0, 0.05) is 5.88 Å². The molecule has 0 amide bonds.